The van der Waals surface area contributed by atoms with Crippen LogP contribution in [0.3, 0.4) is 0 Å². The number of unbranched alkanes of at least 4 members (excludes halogenated alkanes) is 1. The van der Waals surface area contributed by atoms with Crippen LogP contribution in [0, 0.1) is 0 Å². The van der Waals surface area contributed by atoms with Gasteiger partial charge in [0, 0.05) is 16.3 Å². The molecule has 0 spiro atoms. The summed E-state index contributed by atoms with van der Waals surface area (Å²) in [5, 5.41) is 5.31. The first-order chi connectivity index (χ1) is 18.4. The van der Waals surface area contributed by atoms with Crippen LogP contribution in [-0.4, -0.2) is 43.9 Å². The lowest BCUT2D eigenvalue weighted by atomic mass is 10.1. The Balaban J connectivity index is 1.60. The highest BCUT2D eigenvalue weighted by Crippen LogP contribution is 2.30. The number of amides is 2. The van der Waals surface area contributed by atoms with Crippen molar-refractivity contribution in [3.05, 3.63) is 77.9 Å². The van der Waals surface area contributed by atoms with Gasteiger partial charge in [-0.25, -0.2) is 4.79 Å². The molecule has 3 aromatic rings. The zero-order valence-electron chi connectivity index (χ0n) is 21.9. The van der Waals surface area contributed by atoms with E-state index in [-0.39, 0.29) is 17.8 Å². The summed E-state index contributed by atoms with van der Waals surface area (Å²) in [7, 11) is 2.98. The lowest BCUT2D eigenvalue weighted by Crippen LogP contribution is -2.22. The summed E-state index contributed by atoms with van der Waals surface area (Å²) in [5.74, 6) is -0.138. The van der Waals surface area contributed by atoms with E-state index in [0.717, 1.165) is 17.7 Å². The maximum atomic E-state index is 13.0. The molecule has 200 valence electrons. The molecule has 0 aromatic heterocycles. The lowest BCUT2D eigenvalue weighted by Gasteiger charge is -2.15. The predicted molar refractivity (Wildman–Crippen MR) is 150 cm³/mol. The van der Waals surface area contributed by atoms with Crippen LogP contribution in [-0.2, 0) is 9.53 Å². The Kier molecular flexibility index (Phi) is 10.6. The number of rotatable bonds is 12. The molecule has 2 amide bonds. The normalized spacial score (nSPS) is 11.3. The molecular weight excluding hydrogens is 504 g/mol. The van der Waals surface area contributed by atoms with Gasteiger partial charge in [0.25, 0.3) is 5.91 Å². The molecule has 0 saturated carbocycles. The Morgan fingerprint density at radius 1 is 0.868 bits per heavy atom. The summed E-state index contributed by atoms with van der Waals surface area (Å²) in [6.45, 7) is 4.22. The molecule has 9 heteroatoms. The zero-order chi connectivity index (χ0) is 27.5. The molecule has 3 aromatic carbocycles. The Hall–Kier alpha value is -3.98. The number of hydrogen-bond acceptors (Lipinski definition) is 7. The minimum absolute atomic E-state index is 0.193. The van der Waals surface area contributed by atoms with Crippen molar-refractivity contribution < 1.29 is 28.6 Å². The van der Waals surface area contributed by atoms with E-state index in [1.54, 1.807) is 67.6 Å². The van der Waals surface area contributed by atoms with E-state index in [1.165, 1.54) is 26.0 Å². The molecule has 1 atom stereocenters. The number of benzene rings is 3. The third-order valence-electron chi connectivity index (χ3n) is 5.55. The average Bonchev–Trinajstić information content (AvgIpc) is 2.93. The Morgan fingerprint density at radius 3 is 2.16 bits per heavy atom. The van der Waals surface area contributed by atoms with E-state index < -0.39 is 5.25 Å². The van der Waals surface area contributed by atoms with Crippen molar-refractivity contribution in [2.24, 2.45) is 0 Å². The van der Waals surface area contributed by atoms with Gasteiger partial charge in [-0.15, -0.1) is 11.8 Å². The highest BCUT2D eigenvalue weighted by atomic mass is 32.2. The minimum atomic E-state index is -0.422. The van der Waals surface area contributed by atoms with Gasteiger partial charge in [-0.3, -0.25) is 9.59 Å². The van der Waals surface area contributed by atoms with Gasteiger partial charge in [0.05, 0.1) is 31.6 Å². The van der Waals surface area contributed by atoms with Crippen molar-refractivity contribution in [2.45, 2.75) is 36.8 Å². The SMILES string of the molecule is CCCCOC(=O)c1ccc(NC(=O)C(C)Sc2cccc(NC(=O)c3c(OC)cccc3OC)c2)cc1. The van der Waals surface area contributed by atoms with Crippen LogP contribution in [0.25, 0.3) is 0 Å². The van der Waals surface area contributed by atoms with Crippen LogP contribution in [0.5, 0.6) is 11.5 Å². The van der Waals surface area contributed by atoms with Crippen molar-refractivity contribution in [1.29, 1.82) is 0 Å². The van der Waals surface area contributed by atoms with Crippen molar-refractivity contribution in [3.63, 3.8) is 0 Å². The number of nitrogens with one attached hydrogen (secondary N) is 2. The first-order valence-electron chi connectivity index (χ1n) is 12.2. The van der Waals surface area contributed by atoms with E-state index in [4.69, 9.17) is 14.2 Å². The van der Waals surface area contributed by atoms with Crippen molar-refractivity contribution >= 4 is 40.9 Å². The molecular formula is C29H32N2O6S. The fraction of sp³-hybridized carbons (Fsp3) is 0.276. The first kappa shape index (κ1) is 28.6. The van der Waals surface area contributed by atoms with Gasteiger partial charge in [-0.1, -0.05) is 25.5 Å². The quantitative estimate of drug-likeness (QED) is 0.165. The van der Waals surface area contributed by atoms with E-state index in [9.17, 15) is 14.4 Å². The van der Waals surface area contributed by atoms with Gasteiger partial charge in [-0.2, -0.15) is 0 Å². The van der Waals surface area contributed by atoms with Gasteiger partial charge >= 0.3 is 5.97 Å². The van der Waals surface area contributed by atoms with Crippen LogP contribution in [0.15, 0.2) is 71.6 Å². The monoisotopic (exact) mass is 536 g/mol. The van der Waals surface area contributed by atoms with Crippen molar-refractivity contribution in [1.82, 2.24) is 0 Å². The van der Waals surface area contributed by atoms with E-state index in [2.05, 4.69) is 10.6 Å². The van der Waals surface area contributed by atoms with Gasteiger partial charge in [0.1, 0.15) is 17.1 Å². The molecule has 0 aliphatic carbocycles. The van der Waals surface area contributed by atoms with Crippen LogP contribution in [0.1, 0.15) is 47.4 Å². The smallest absolute Gasteiger partial charge is 0.338 e. The molecule has 8 nitrogen and oxygen atoms in total. The van der Waals surface area contributed by atoms with E-state index in [0.29, 0.717) is 40.6 Å². The number of carbonyl (C=O) groups is 3. The second-order valence-electron chi connectivity index (χ2n) is 8.34. The molecule has 0 aliphatic rings. The number of methoxy groups -OCH3 is 2. The number of carbonyl (C=O) groups excluding carboxylic acids is 3. The standard InChI is InChI=1S/C29H32N2O6S/c1-5-6-17-37-29(34)20-13-15-21(16-14-20)30-27(32)19(2)38-23-10-7-9-22(18-23)31-28(33)26-24(35-3)11-8-12-25(26)36-4/h7-16,18-19H,5-6,17H2,1-4H3,(H,30,32)(H,31,33). The Bertz CT molecular complexity index is 1240. The number of anilines is 2. The van der Waals surface area contributed by atoms with Crippen molar-refractivity contribution in [2.75, 3.05) is 31.5 Å². The minimum Gasteiger partial charge on any atom is -0.496 e. The van der Waals surface area contributed by atoms with Gasteiger partial charge in [0.2, 0.25) is 5.91 Å². The predicted octanol–water partition coefficient (Wildman–Crippen LogP) is 6.03. The first-order valence-corrected chi connectivity index (χ1v) is 13.1. The number of ether oxygens (including phenoxy) is 3. The van der Waals surface area contributed by atoms with Crippen LogP contribution in [0.2, 0.25) is 0 Å². The molecule has 0 aliphatic heterocycles. The Morgan fingerprint density at radius 2 is 1.53 bits per heavy atom. The summed E-state index contributed by atoms with van der Waals surface area (Å²) < 4.78 is 15.9. The maximum absolute atomic E-state index is 13.0. The third kappa shape index (κ3) is 7.76. The fourth-order valence-electron chi connectivity index (χ4n) is 3.50. The van der Waals surface area contributed by atoms with Crippen molar-refractivity contribution in [3.8, 4) is 11.5 Å². The number of esters is 1. The van der Waals surface area contributed by atoms with E-state index in [1.807, 2.05) is 13.0 Å². The fourth-order valence-corrected chi connectivity index (χ4v) is 4.43. The highest BCUT2D eigenvalue weighted by molar-refractivity contribution is 8.00. The van der Waals surface area contributed by atoms with Crippen LogP contribution >= 0.6 is 11.8 Å². The topological polar surface area (TPSA) is 103 Å². The zero-order valence-corrected chi connectivity index (χ0v) is 22.7. The van der Waals surface area contributed by atoms with Gasteiger partial charge in [-0.05, 0) is 67.9 Å². The number of thioether (sulfide) groups is 1. The summed E-state index contributed by atoms with van der Waals surface area (Å²) >= 11 is 1.36. The second kappa shape index (κ2) is 14.1. The van der Waals surface area contributed by atoms with Gasteiger partial charge < -0.3 is 24.8 Å². The molecule has 3 rings (SSSR count). The molecule has 38 heavy (non-hydrogen) atoms. The molecule has 1 unspecified atom stereocenters. The van der Waals surface area contributed by atoms with Crippen LogP contribution < -0.4 is 20.1 Å². The molecule has 0 saturated heterocycles. The molecule has 0 radical (unpaired) electrons. The average molecular weight is 537 g/mol. The summed E-state index contributed by atoms with van der Waals surface area (Å²) in [6, 6.07) is 19.0. The lowest BCUT2D eigenvalue weighted by molar-refractivity contribution is -0.115. The molecule has 0 bridgehead atoms. The molecule has 0 heterocycles. The summed E-state index contributed by atoms with van der Waals surface area (Å²) in [5.41, 5.74) is 1.89. The summed E-state index contributed by atoms with van der Waals surface area (Å²) in [4.78, 5) is 38.6. The molecule has 2 N–H and O–H groups in total. The molecule has 0 fully saturated rings. The maximum Gasteiger partial charge on any atom is 0.338 e. The van der Waals surface area contributed by atoms with Crippen LogP contribution in [0.4, 0.5) is 11.4 Å². The summed E-state index contributed by atoms with van der Waals surface area (Å²) in [6.07, 6.45) is 1.77. The number of hydrogen-bond donors (Lipinski definition) is 2. The largest absolute Gasteiger partial charge is 0.496 e. The van der Waals surface area contributed by atoms with E-state index >= 15 is 0 Å². The third-order valence-corrected chi connectivity index (χ3v) is 6.64. The second-order valence-corrected chi connectivity index (χ2v) is 9.75. The Labute approximate surface area is 227 Å². The van der Waals surface area contributed by atoms with Gasteiger partial charge in [0.15, 0.2) is 0 Å². The highest BCUT2D eigenvalue weighted by Gasteiger charge is 2.19.